The first-order valence-corrected chi connectivity index (χ1v) is 6.29. The third kappa shape index (κ3) is 1.87. The Hall–Kier alpha value is -2.26. The second kappa shape index (κ2) is 4.69. The van der Waals surface area contributed by atoms with Gasteiger partial charge in [0.25, 0.3) is 0 Å². The van der Waals surface area contributed by atoms with Crippen LogP contribution in [-0.4, -0.2) is 12.1 Å². The van der Waals surface area contributed by atoms with Gasteiger partial charge in [0.05, 0.1) is 0 Å². The lowest BCUT2D eigenvalue weighted by atomic mass is 10.0. The average molecular weight is 287 g/mol. The van der Waals surface area contributed by atoms with E-state index in [1.807, 2.05) is 0 Å². The lowest BCUT2D eigenvalue weighted by Gasteiger charge is -2.02. The molecule has 0 atom stereocenters. The van der Waals surface area contributed by atoms with Crippen LogP contribution < -0.4 is 0 Å². The molecule has 0 fully saturated rings. The number of benzene rings is 2. The summed E-state index contributed by atoms with van der Waals surface area (Å²) in [6.07, 6.45) is 0.638. The number of hydrogen-bond acceptors (Lipinski definition) is 2. The van der Waals surface area contributed by atoms with E-state index >= 15 is 0 Å². The molecule has 4 heteroatoms. The van der Waals surface area contributed by atoms with Crippen LogP contribution >= 0.6 is 11.6 Å². The van der Waals surface area contributed by atoms with E-state index in [2.05, 4.69) is 0 Å². The van der Waals surface area contributed by atoms with Crippen molar-refractivity contribution >= 4 is 34.8 Å². The van der Waals surface area contributed by atoms with Crippen LogP contribution in [0.5, 0.6) is 0 Å². The number of aldehydes is 1. The zero-order valence-electron chi connectivity index (χ0n) is 10.2. The van der Waals surface area contributed by atoms with Crippen molar-refractivity contribution in [1.29, 1.82) is 0 Å². The molecule has 0 bridgehead atoms. The van der Waals surface area contributed by atoms with Crippen molar-refractivity contribution in [1.82, 2.24) is 0 Å². The van der Waals surface area contributed by atoms with Crippen LogP contribution in [0.1, 0.15) is 21.5 Å². The van der Waals surface area contributed by atoms with E-state index in [4.69, 9.17) is 11.6 Å². The number of Topliss-reactive ketones (excluding diaryl/α,β-unsaturated/α-hetero) is 1. The first kappa shape index (κ1) is 12.8. The van der Waals surface area contributed by atoms with Crippen LogP contribution in [0, 0.1) is 5.82 Å². The van der Waals surface area contributed by atoms with Gasteiger partial charge in [-0.3, -0.25) is 9.59 Å². The van der Waals surface area contributed by atoms with Gasteiger partial charge in [0.15, 0.2) is 12.1 Å². The smallest absolute Gasteiger partial charge is 0.194 e. The number of halogens is 2. The highest BCUT2D eigenvalue weighted by Crippen LogP contribution is 2.38. The van der Waals surface area contributed by atoms with Gasteiger partial charge in [-0.2, -0.15) is 0 Å². The quantitative estimate of drug-likeness (QED) is 0.787. The molecule has 3 rings (SSSR count). The van der Waals surface area contributed by atoms with Gasteiger partial charge in [-0.05, 0) is 41.5 Å². The van der Waals surface area contributed by atoms with E-state index in [1.165, 1.54) is 24.3 Å². The molecule has 2 nitrogen and oxygen atoms in total. The molecule has 0 heterocycles. The summed E-state index contributed by atoms with van der Waals surface area (Å²) in [6, 6.07) is 10.3. The fourth-order valence-electron chi connectivity index (χ4n) is 2.35. The van der Waals surface area contributed by atoms with Crippen LogP contribution in [0.25, 0.3) is 11.1 Å². The molecule has 20 heavy (non-hydrogen) atoms. The number of carbonyl (C=O) groups excluding carboxylic acids is 2. The summed E-state index contributed by atoms with van der Waals surface area (Å²) in [5.41, 5.74) is 2.06. The zero-order chi connectivity index (χ0) is 14.3. The molecule has 0 aromatic heterocycles. The normalized spacial score (nSPS) is 13.6. The number of ketones is 1. The molecule has 0 amide bonds. The van der Waals surface area contributed by atoms with Crippen molar-refractivity contribution < 1.29 is 14.0 Å². The molecule has 98 valence electrons. The van der Waals surface area contributed by atoms with Crippen LogP contribution in [-0.2, 0) is 4.79 Å². The third-order valence-electron chi connectivity index (χ3n) is 3.26. The summed E-state index contributed by atoms with van der Waals surface area (Å²) in [5, 5.41) is 0.455. The minimum atomic E-state index is -0.395. The fraction of sp³-hybridized carbons (Fsp3) is 0. The zero-order valence-corrected chi connectivity index (χ0v) is 10.9. The molecule has 0 aliphatic heterocycles. The highest BCUT2D eigenvalue weighted by atomic mass is 35.5. The maximum Gasteiger partial charge on any atom is 0.194 e. The minimum Gasteiger partial charge on any atom is -0.298 e. The van der Waals surface area contributed by atoms with Crippen LogP contribution in [0.4, 0.5) is 4.39 Å². The van der Waals surface area contributed by atoms with Crippen molar-refractivity contribution in [2.45, 2.75) is 0 Å². The predicted molar refractivity (Wildman–Crippen MR) is 75.1 cm³/mol. The van der Waals surface area contributed by atoms with Crippen LogP contribution in [0.2, 0.25) is 5.02 Å². The van der Waals surface area contributed by atoms with Crippen molar-refractivity contribution in [2.75, 3.05) is 0 Å². The van der Waals surface area contributed by atoms with Gasteiger partial charge in [0.1, 0.15) is 5.82 Å². The highest BCUT2D eigenvalue weighted by Gasteiger charge is 2.30. The maximum atomic E-state index is 13.0. The highest BCUT2D eigenvalue weighted by molar-refractivity contribution is 6.46. The SMILES string of the molecule is O=CC1=C(c2ccc(F)cc2)C(=O)c2ccc(Cl)cc21. The van der Waals surface area contributed by atoms with Crippen molar-refractivity contribution in [3.8, 4) is 0 Å². The Kier molecular flexibility index (Phi) is 2.99. The topological polar surface area (TPSA) is 34.1 Å². The van der Waals surface area contributed by atoms with E-state index in [-0.39, 0.29) is 11.4 Å². The van der Waals surface area contributed by atoms with Gasteiger partial charge in [0.2, 0.25) is 0 Å². The average Bonchev–Trinajstić information content (AvgIpc) is 2.72. The minimum absolute atomic E-state index is 0.245. The number of fused-ring (bicyclic) bond motifs is 1. The molecule has 0 unspecified atom stereocenters. The van der Waals surface area contributed by atoms with E-state index < -0.39 is 5.82 Å². The largest absolute Gasteiger partial charge is 0.298 e. The molecular weight excluding hydrogens is 279 g/mol. The van der Waals surface area contributed by atoms with Gasteiger partial charge in [-0.1, -0.05) is 23.7 Å². The first-order valence-electron chi connectivity index (χ1n) is 5.92. The Morgan fingerprint density at radius 3 is 2.35 bits per heavy atom. The van der Waals surface area contributed by atoms with Crippen molar-refractivity contribution in [2.24, 2.45) is 0 Å². The Labute approximate surface area is 119 Å². The van der Waals surface area contributed by atoms with Gasteiger partial charge in [-0.15, -0.1) is 0 Å². The van der Waals surface area contributed by atoms with Crippen LogP contribution in [0.15, 0.2) is 42.5 Å². The van der Waals surface area contributed by atoms with Gasteiger partial charge in [0, 0.05) is 21.7 Å². The monoisotopic (exact) mass is 286 g/mol. The molecule has 2 aromatic carbocycles. The van der Waals surface area contributed by atoms with Crippen molar-refractivity contribution in [3.05, 3.63) is 70.0 Å². The number of carbonyl (C=O) groups is 2. The number of hydrogen-bond donors (Lipinski definition) is 0. The lowest BCUT2D eigenvalue weighted by Crippen LogP contribution is -1.98. The predicted octanol–water partition coefficient (Wildman–Crippen LogP) is 3.79. The third-order valence-corrected chi connectivity index (χ3v) is 3.50. The summed E-state index contributed by atoms with van der Waals surface area (Å²) < 4.78 is 13.0. The maximum absolute atomic E-state index is 13.0. The molecule has 2 aromatic rings. The Morgan fingerprint density at radius 1 is 1.00 bits per heavy atom. The van der Waals surface area contributed by atoms with E-state index in [0.29, 0.717) is 33.6 Å². The first-order chi connectivity index (χ1) is 9.61. The van der Waals surface area contributed by atoms with Crippen LogP contribution in [0.3, 0.4) is 0 Å². The standard InChI is InChI=1S/C16H8ClFO2/c17-10-3-6-12-13(7-10)14(8-19)15(16(12)20)9-1-4-11(18)5-2-9/h1-8H. The molecule has 1 aliphatic carbocycles. The molecule has 0 spiro atoms. The Morgan fingerprint density at radius 2 is 1.70 bits per heavy atom. The fourth-order valence-corrected chi connectivity index (χ4v) is 2.53. The molecule has 0 saturated carbocycles. The molecular formula is C16H8ClFO2. The summed E-state index contributed by atoms with van der Waals surface area (Å²) in [6.45, 7) is 0. The van der Waals surface area contributed by atoms with E-state index in [0.717, 1.165) is 0 Å². The van der Waals surface area contributed by atoms with E-state index in [9.17, 15) is 14.0 Å². The molecule has 0 N–H and O–H groups in total. The van der Waals surface area contributed by atoms with Crippen molar-refractivity contribution in [3.63, 3.8) is 0 Å². The Balaban J connectivity index is 2.24. The molecule has 0 saturated heterocycles. The molecule has 0 radical (unpaired) electrons. The summed E-state index contributed by atoms with van der Waals surface area (Å²) in [7, 11) is 0. The lowest BCUT2D eigenvalue weighted by molar-refractivity contribution is -0.103. The Bertz CT molecular complexity index is 761. The number of rotatable bonds is 2. The summed E-state index contributed by atoms with van der Waals surface area (Å²) in [4.78, 5) is 23.8. The summed E-state index contributed by atoms with van der Waals surface area (Å²) >= 11 is 5.91. The van der Waals surface area contributed by atoms with Gasteiger partial charge < -0.3 is 0 Å². The second-order valence-corrected chi connectivity index (χ2v) is 4.87. The van der Waals surface area contributed by atoms with Gasteiger partial charge >= 0.3 is 0 Å². The van der Waals surface area contributed by atoms with E-state index in [1.54, 1.807) is 18.2 Å². The number of allylic oxidation sites excluding steroid dienone is 2. The summed E-state index contributed by atoms with van der Waals surface area (Å²) in [5.74, 6) is -0.640. The second-order valence-electron chi connectivity index (χ2n) is 4.43. The van der Waals surface area contributed by atoms with Gasteiger partial charge in [-0.25, -0.2) is 4.39 Å². The molecule has 1 aliphatic rings.